The molecule has 0 spiro atoms. The number of nitrogens with one attached hydrogen (secondary N) is 1. The first-order chi connectivity index (χ1) is 21.5. The zero-order valence-corrected chi connectivity index (χ0v) is 27.3. The second kappa shape index (κ2) is 15.3. The molecule has 2 atom stereocenters. The van der Waals surface area contributed by atoms with Gasteiger partial charge in [0.05, 0.1) is 6.61 Å². The van der Waals surface area contributed by atoms with Crippen LogP contribution in [0.15, 0.2) is 123 Å². The van der Waals surface area contributed by atoms with Crippen LogP contribution in [0.4, 0.5) is 0 Å². The van der Waals surface area contributed by atoms with Gasteiger partial charge in [-0.25, -0.2) is 4.99 Å². The summed E-state index contributed by atoms with van der Waals surface area (Å²) < 4.78 is 14.2. The summed E-state index contributed by atoms with van der Waals surface area (Å²) in [5.74, 6) is 0.892. The maximum atomic E-state index is 14.3. The minimum absolute atomic E-state index is 0.0756. The Morgan fingerprint density at radius 3 is 2.30 bits per heavy atom. The predicted octanol–water partition coefficient (Wildman–Crippen LogP) is 7.69. The van der Waals surface area contributed by atoms with E-state index in [-0.39, 0.29) is 12.5 Å². The smallest absolute Gasteiger partial charge is 0.252 e. The monoisotopic (exact) mass is 716 g/mol. The van der Waals surface area contributed by atoms with Crippen molar-refractivity contribution in [1.29, 1.82) is 0 Å². The molecule has 0 radical (unpaired) electrons. The van der Waals surface area contributed by atoms with Gasteiger partial charge in [-0.2, -0.15) is 0 Å². The van der Waals surface area contributed by atoms with E-state index in [4.69, 9.17) is 19.6 Å². The molecule has 1 aliphatic heterocycles. The molecule has 4 aromatic rings. The first-order valence-electron chi connectivity index (χ1n) is 14.6. The SMILES string of the molecule is O=C(NCCc1ccc(Br)cc1)[C@]1(C/C=C/c2ccccc2)N=C(c2ccc(OCCCO)cc2)O[C@@H]1c1ccc(Br)cc1. The Balaban J connectivity index is 1.48. The number of aliphatic hydroxyl groups is 1. The third kappa shape index (κ3) is 8.05. The fourth-order valence-corrected chi connectivity index (χ4v) is 5.54. The van der Waals surface area contributed by atoms with E-state index in [1.807, 2.05) is 115 Å². The first-order valence-corrected chi connectivity index (χ1v) is 16.2. The van der Waals surface area contributed by atoms with Crippen molar-refractivity contribution in [3.05, 3.63) is 140 Å². The highest BCUT2D eigenvalue weighted by Gasteiger charge is 2.52. The molecule has 0 bridgehead atoms. The molecule has 1 amide bonds. The lowest BCUT2D eigenvalue weighted by molar-refractivity contribution is -0.128. The second-order valence-electron chi connectivity index (χ2n) is 10.5. The van der Waals surface area contributed by atoms with E-state index in [2.05, 4.69) is 37.2 Å². The van der Waals surface area contributed by atoms with Gasteiger partial charge in [-0.05, 0) is 71.6 Å². The van der Waals surface area contributed by atoms with Crippen LogP contribution >= 0.6 is 31.9 Å². The van der Waals surface area contributed by atoms with Gasteiger partial charge in [0, 0.05) is 40.5 Å². The Bertz CT molecular complexity index is 1570. The third-order valence-electron chi connectivity index (χ3n) is 7.35. The normalized spacial score (nSPS) is 17.7. The third-order valence-corrected chi connectivity index (χ3v) is 8.41. The van der Waals surface area contributed by atoms with E-state index in [0.717, 1.165) is 31.2 Å². The molecule has 0 saturated heterocycles. The highest BCUT2D eigenvalue weighted by atomic mass is 79.9. The molecule has 1 heterocycles. The van der Waals surface area contributed by atoms with Crippen molar-refractivity contribution >= 4 is 49.7 Å². The minimum Gasteiger partial charge on any atom is -0.494 e. The Labute approximate surface area is 275 Å². The van der Waals surface area contributed by atoms with Gasteiger partial charge in [0.1, 0.15) is 5.75 Å². The number of aliphatic hydroxyl groups excluding tert-OH is 1. The van der Waals surface area contributed by atoms with E-state index in [1.54, 1.807) is 0 Å². The van der Waals surface area contributed by atoms with Crippen molar-refractivity contribution in [2.75, 3.05) is 19.8 Å². The number of halogens is 2. The standard InChI is InChI=1S/C36H34Br2N2O4/c37-30-15-9-27(10-16-30)21-23-39-35(42)36(22-4-8-26-6-2-1-3-7-26)33(28-11-17-31(38)18-12-28)44-34(40-36)29-13-19-32(20-14-29)43-25-5-24-41/h1-4,6-20,33,41H,5,21-25H2,(H,39,42)/b8-4+/t33-,36-/m1/s1. The molecule has 4 aromatic carbocycles. The number of rotatable bonds is 13. The molecule has 0 unspecified atom stereocenters. The van der Waals surface area contributed by atoms with Crippen molar-refractivity contribution in [2.24, 2.45) is 4.99 Å². The molecule has 44 heavy (non-hydrogen) atoms. The molecule has 226 valence electrons. The van der Waals surface area contributed by atoms with Crippen molar-refractivity contribution in [1.82, 2.24) is 5.32 Å². The van der Waals surface area contributed by atoms with Crippen molar-refractivity contribution < 1.29 is 19.4 Å². The van der Waals surface area contributed by atoms with Crippen LogP contribution in [0.2, 0.25) is 0 Å². The maximum absolute atomic E-state index is 14.3. The zero-order chi connectivity index (χ0) is 30.8. The van der Waals surface area contributed by atoms with Crippen LogP contribution in [0.1, 0.15) is 41.2 Å². The van der Waals surface area contributed by atoms with Crippen molar-refractivity contribution in [2.45, 2.75) is 30.9 Å². The Kier molecular flexibility index (Phi) is 11.0. The fourth-order valence-electron chi connectivity index (χ4n) is 5.02. The largest absolute Gasteiger partial charge is 0.494 e. The first kappa shape index (κ1) is 31.7. The van der Waals surface area contributed by atoms with Crippen molar-refractivity contribution in [3.63, 3.8) is 0 Å². The summed E-state index contributed by atoms with van der Waals surface area (Å²) in [4.78, 5) is 19.4. The van der Waals surface area contributed by atoms with Crippen LogP contribution in [0.5, 0.6) is 5.75 Å². The highest BCUT2D eigenvalue weighted by Crippen LogP contribution is 2.43. The lowest BCUT2D eigenvalue weighted by atomic mass is 9.84. The average Bonchev–Trinajstić information content (AvgIpc) is 3.44. The molecule has 2 N–H and O–H groups in total. The Morgan fingerprint density at radius 2 is 1.61 bits per heavy atom. The van der Waals surface area contributed by atoms with E-state index >= 15 is 0 Å². The molecule has 5 rings (SSSR count). The van der Waals surface area contributed by atoms with Crippen molar-refractivity contribution in [3.8, 4) is 5.75 Å². The van der Waals surface area contributed by atoms with Crippen LogP contribution in [0.25, 0.3) is 6.08 Å². The van der Waals surface area contributed by atoms with Gasteiger partial charge in [0.2, 0.25) is 5.90 Å². The van der Waals surface area contributed by atoms with Crippen LogP contribution in [-0.2, 0) is 16.0 Å². The summed E-state index contributed by atoms with van der Waals surface area (Å²) in [6, 6.07) is 33.4. The molecule has 8 heteroatoms. The molecule has 0 aromatic heterocycles. The van der Waals surface area contributed by atoms with Gasteiger partial charge < -0.3 is 19.9 Å². The summed E-state index contributed by atoms with van der Waals surface area (Å²) in [5, 5.41) is 12.2. The average molecular weight is 718 g/mol. The van der Waals surface area contributed by atoms with Gasteiger partial charge >= 0.3 is 0 Å². The molecule has 1 aliphatic rings. The van der Waals surface area contributed by atoms with Crippen LogP contribution < -0.4 is 10.1 Å². The Morgan fingerprint density at radius 1 is 0.932 bits per heavy atom. The molecule has 0 aliphatic carbocycles. The summed E-state index contributed by atoms with van der Waals surface area (Å²) >= 11 is 7.01. The number of benzene rings is 4. The number of aliphatic imine (C=N–C) groups is 1. The number of amides is 1. The molecule has 6 nitrogen and oxygen atoms in total. The highest BCUT2D eigenvalue weighted by molar-refractivity contribution is 9.10. The van der Waals surface area contributed by atoms with E-state index < -0.39 is 11.6 Å². The summed E-state index contributed by atoms with van der Waals surface area (Å²) in [5.41, 5.74) is 2.53. The van der Waals surface area contributed by atoms with Gasteiger partial charge in [0.15, 0.2) is 11.6 Å². The predicted molar refractivity (Wildman–Crippen MR) is 182 cm³/mol. The molecule has 0 fully saturated rings. The van der Waals surface area contributed by atoms with E-state index in [0.29, 0.717) is 44.1 Å². The maximum Gasteiger partial charge on any atom is 0.252 e. The molecule has 0 saturated carbocycles. The Hall–Kier alpha value is -3.72. The molecular weight excluding hydrogens is 684 g/mol. The lowest BCUT2D eigenvalue weighted by Crippen LogP contribution is -2.48. The summed E-state index contributed by atoms with van der Waals surface area (Å²) in [6.07, 6.45) is 4.94. The molecular formula is C36H34Br2N2O4. The zero-order valence-electron chi connectivity index (χ0n) is 24.2. The number of ether oxygens (including phenoxy) is 2. The number of nitrogens with zero attached hydrogens (tertiary/aromatic N) is 1. The quantitative estimate of drug-likeness (QED) is 0.139. The fraction of sp³-hybridized carbons (Fsp3) is 0.222. The van der Waals surface area contributed by atoms with E-state index in [1.165, 1.54) is 0 Å². The topological polar surface area (TPSA) is 80.2 Å². The van der Waals surface area contributed by atoms with Gasteiger partial charge in [0.25, 0.3) is 5.91 Å². The lowest BCUT2D eigenvalue weighted by Gasteiger charge is -2.30. The number of hydrogen-bond acceptors (Lipinski definition) is 5. The summed E-state index contributed by atoms with van der Waals surface area (Å²) in [7, 11) is 0. The van der Waals surface area contributed by atoms with Crippen LogP contribution in [0.3, 0.4) is 0 Å². The number of carbonyl (C=O) groups is 1. The van der Waals surface area contributed by atoms with E-state index in [9.17, 15) is 4.79 Å². The van der Waals surface area contributed by atoms with Crippen LogP contribution in [0, 0.1) is 0 Å². The van der Waals surface area contributed by atoms with Gasteiger partial charge in [-0.15, -0.1) is 0 Å². The minimum atomic E-state index is -1.25. The summed E-state index contributed by atoms with van der Waals surface area (Å²) in [6.45, 7) is 0.963. The van der Waals surface area contributed by atoms with Crippen LogP contribution in [-0.4, -0.2) is 42.2 Å². The van der Waals surface area contributed by atoms with Gasteiger partial charge in [-0.3, -0.25) is 4.79 Å². The number of carbonyl (C=O) groups excluding carboxylic acids is 1. The number of hydrogen-bond donors (Lipinski definition) is 2. The second-order valence-corrected chi connectivity index (χ2v) is 12.3. The van der Waals surface area contributed by atoms with Gasteiger partial charge in [-0.1, -0.05) is 98.6 Å².